The van der Waals surface area contributed by atoms with E-state index in [1.165, 1.54) is 24.3 Å². The van der Waals surface area contributed by atoms with E-state index in [0.717, 1.165) is 30.3 Å². The molecule has 0 saturated heterocycles. The lowest BCUT2D eigenvalue weighted by Crippen LogP contribution is -2.32. The smallest absolute Gasteiger partial charge is 0.241 e. The van der Waals surface area contributed by atoms with Crippen molar-refractivity contribution in [3.63, 3.8) is 0 Å². The van der Waals surface area contributed by atoms with Crippen LogP contribution in [0.4, 0.5) is 37.6 Å². The first-order valence-electron chi connectivity index (χ1n) is 9.80. The van der Waals surface area contributed by atoms with Gasteiger partial charge in [0.1, 0.15) is 11.7 Å². The molecule has 1 spiro atoms. The number of rotatable bonds is 5. The Morgan fingerprint density at radius 3 is 2.55 bits per heavy atom. The molecular formula is C22H18ClF2N5O. The highest BCUT2D eigenvalue weighted by Crippen LogP contribution is 2.57. The molecule has 2 aliphatic rings. The van der Waals surface area contributed by atoms with Crippen LogP contribution in [0, 0.1) is 11.6 Å². The fourth-order valence-corrected chi connectivity index (χ4v) is 4.09. The van der Waals surface area contributed by atoms with E-state index in [0.29, 0.717) is 17.9 Å². The second-order valence-electron chi connectivity index (χ2n) is 7.77. The van der Waals surface area contributed by atoms with E-state index in [4.69, 9.17) is 11.6 Å². The van der Waals surface area contributed by atoms with E-state index in [1.807, 2.05) is 18.2 Å². The Morgan fingerprint density at radius 1 is 1.10 bits per heavy atom. The molecule has 2 N–H and O–H groups in total. The van der Waals surface area contributed by atoms with Crippen LogP contribution in [0.5, 0.6) is 0 Å². The summed E-state index contributed by atoms with van der Waals surface area (Å²) in [7, 11) is 0. The topological polar surface area (TPSA) is 70.2 Å². The van der Waals surface area contributed by atoms with Crippen LogP contribution in [0.1, 0.15) is 18.4 Å². The summed E-state index contributed by atoms with van der Waals surface area (Å²) in [4.78, 5) is 22.1. The lowest BCUT2D eigenvalue weighted by Gasteiger charge is -2.17. The molecular weight excluding hydrogens is 424 g/mol. The molecule has 0 radical (unpaired) electrons. The maximum Gasteiger partial charge on any atom is 0.241 e. The number of hydrogen-bond donors (Lipinski definition) is 2. The first kappa shape index (κ1) is 19.7. The third-order valence-corrected chi connectivity index (χ3v) is 5.93. The van der Waals surface area contributed by atoms with Crippen molar-refractivity contribution in [2.45, 2.75) is 18.3 Å². The number of nitrogens with zero attached hydrogens (tertiary/aromatic N) is 3. The lowest BCUT2D eigenvalue weighted by atomic mass is 9.98. The number of anilines is 5. The lowest BCUT2D eigenvalue weighted by molar-refractivity contribution is -0.116. The normalized spacial score (nSPS) is 15.6. The molecule has 0 unspecified atom stereocenters. The summed E-state index contributed by atoms with van der Waals surface area (Å²) < 4.78 is 27.4. The van der Waals surface area contributed by atoms with E-state index in [1.54, 1.807) is 4.90 Å². The molecule has 1 aliphatic carbocycles. The van der Waals surface area contributed by atoms with Crippen molar-refractivity contribution in [1.82, 2.24) is 9.97 Å². The van der Waals surface area contributed by atoms with Crippen LogP contribution in [-0.4, -0.2) is 28.3 Å². The van der Waals surface area contributed by atoms with E-state index in [-0.39, 0.29) is 34.8 Å². The summed E-state index contributed by atoms with van der Waals surface area (Å²) in [6, 6.07) is 11.3. The fourth-order valence-electron chi connectivity index (χ4n) is 3.94. The number of amides is 1. The molecule has 2 heterocycles. The molecule has 158 valence electrons. The first-order valence-corrected chi connectivity index (χ1v) is 10.3. The van der Waals surface area contributed by atoms with Gasteiger partial charge in [-0.25, -0.2) is 13.8 Å². The zero-order chi connectivity index (χ0) is 21.6. The van der Waals surface area contributed by atoms with Crippen molar-refractivity contribution in [1.29, 1.82) is 0 Å². The van der Waals surface area contributed by atoms with E-state index < -0.39 is 5.82 Å². The monoisotopic (exact) mass is 441 g/mol. The Balaban J connectivity index is 1.41. The molecule has 1 fully saturated rings. The average molecular weight is 442 g/mol. The van der Waals surface area contributed by atoms with Gasteiger partial charge in [0.25, 0.3) is 0 Å². The molecule has 9 heteroatoms. The number of carbonyl (C=O) groups is 1. The highest BCUT2D eigenvalue weighted by Gasteiger charge is 2.52. The van der Waals surface area contributed by atoms with Gasteiger partial charge >= 0.3 is 0 Å². The molecule has 1 aromatic heterocycles. The second-order valence-corrected chi connectivity index (χ2v) is 8.04. The number of benzene rings is 2. The van der Waals surface area contributed by atoms with E-state index >= 15 is 0 Å². The zero-order valence-corrected chi connectivity index (χ0v) is 17.1. The Bertz CT molecular complexity index is 1170. The summed E-state index contributed by atoms with van der Waals surface area (Å²) in [6.07, 6.45) is 3.13. The predicted molar refractivity (Wildman–Crippen MR) is 115 cm³/mol. The largest absolute Gasteiger partial charge is 0.338 e. The number of fused-ring (bicyclic) bond motifs is 2. The van der Waals surface area contributed by atoms with Crippen molar-refractivity contribution in [3.8, 4) is 0 Å². The van der Waals surface area contributed by atoms with Gasteiger partial charge in [-0.2, -0.15) is 4.98 Å². The Kier molecular flexibility index (Phi) is 4.74. The van der Waals surface area contributed by atoms with Gasteiger partial charge in [-0.1, -0.05) is 6.07 Å². The number of carbonyl (C=O) groups excluding carboxylic acids is 1. The maximum atomic E-state index is 14.4. The zero-order valence-electron chi connectivity index (χ0n) is 16.3. The van der Waals surface area contributed by atoms with Crippen LogP contribution in [-0.2, 0) is 10.2 Å². The summed E-state index contributed by atoms with van der Waals surface area (Å²) >= 11 is 5.79. The molecule has 1 aliphatic heterocycles. The van der Waals surface area contributed by atoms with Crippen molar-refractivity contribution < 1.29 is 13.6 Å². The van der Waals surface area contributed by atoms with Gasteiger partial charge in [-0.3, -0.25) is 4.79 Å². The molecule has 1 saturated carbocycles. The third-order valence-electron chi connectivity index (χ3n) is 5.70. The third kappa shape index (κ3) is 3.67. The second kappa shape index (κ2) is 7.46. The summed E-state index contributed by atoms with van der Waals surface area (Å²) in [5.41, 5.74) is 3.11. The van der Waals surface area contributed by atoms with Crippen molar-refractivity contribution in [2.75, 3.05) is 28.0 Å². The Morgan fingerprint density at radius 2 is 1.84 bits per heavy atom. The average Bonchev–Trinajstić information content (AvgIpc) is 3.48. The minimum atomic E-state index is -0.627. The maximum absolute atomic E-state index is 14.4. The SMILES string of the molecule is O=C(CCl)N1CC2(CC2)c2ccc(Nc3nc(Nc4ccc(F)cc4)ncc3F)cc21. The predicted octanol–water partition coefficient (Wildman–Crippen LogP) is 4.86. The van der Waals surface area contributed by atoms with Gasteiger partial charge in [0.15, 0.2) is 11.6 Å². The molecule has 5 rings (SSSR count). The highest BCUT2D eigenvalue weighted by molar-refractivity contribution is 6.29. The van der Waals surface area contributed by atoms with Crippen LogP contribution in [0.3, 0.4) is 0 Å². The fraction of sp³-hybridized carbons (Fsp3) is 0.227. The van der Waals surface area contributed by atoms with E-state index in [9.17, 15) is 13.6 Å². The highest BCUT2D eigenvalue weighted by atomic mass is 35.5. The van der Waals surface area contributed by atoms with Gasteiger partial charge in [0.05, 0.1) is 6.20 Å². The van der Waals surface area contributed by atoms with Crippen LogP contribution in [0.2, 0.25) is 0 Å². The molecule has 0 bridgehead atoms. The molecule has 2 aromatic carbocycles. The Labute approximate surface area is 182 Å². The van der Waals surface area contributed by atoms with Gasteiger partial charge < -0.3 is 15.5 Å². The van der Waals surface area contributed by atoms with Crippen LogP contribution < -0.4 is 15.5 Å². The van der Waals surface area contributed by atoms with E-state index in [2.05, 4.69) is 20.6 Å². The van der Waals surface area contributed by atoms with Crippen molar-refractivity contribution in [3.05, 3.63) is 65.9 Å². The number of aromatic nitrogens is 2. The molecule has 31 heavy (non-hydrogen) atoms. The van der Waals surface area contributed by atoms with Gasteiger partial charge in [-0.05, 0) is 54.8 Å². The number of alkyl halides is 1. The molecule has 3 aromatic rings. The van der Waals surface area contributed by atoms with Crippen LogP contribution in [0.25, 0.3) is 0 Å². The number of hydrogen-bond acceptors (Lipinski definition) is 5. The number of halogens is 3. The first-order chi connectivity index (χ1) is 15.0. The summed E-state index contributed by atoms with van der Waals surface area (Å²) in [5.74, 6) is -1.09. The number of nitrogens with one attached hydrogen (secondary N) is 2. The standard InChI is InChI=1S/C22H18ClF2N5O/c23-10-19(31)30-12-22(7-8-22)16-6-5-15(9-18(16)30)27-20-17(25)11-26-21(29-20)28-14-3-1-13(24)2-4-14/h1-6,9,11H,7-8,10,12H2,(H2,26,27,28,29). The van der Waals surface area contributed by atoms with Crippen molar-refractivity contribution >= 4 is 46.3 Å². The van der Waals surface area contributed by atoms with Gasteiger partial charge in [-0.15, -0.1) is 11.6 Å². The molecule has 6 nitrogen and oxygen atoms in total. The molecule has 0 atom stereocenters. The summed E-state index contributed by atoms with van der Waals surface area (Å²) in [6.45, 7) is 0.630. The molecule has 1 amide bonds. The van der Waals surface area contributed by atoms with Crippen molar-refractivity contribution in [2.24, 2.45) is 0 Å². The minimum Gasteiger partial charge on any atom is -0.338 e. The van der Waals surface area contributed by atoms with Gasteiger partial charge in [0, 0.05) is 29.0 Å². The summed E-state index contributed by atoms with van der Waals surface area (Å²) in [5, 5.41) is 5.88. The van der Waals surface area contributed by atoms with Crippen LogP contribution in [0.15, 0.2) is 48.7 Å². The minimum absolute atomic E-state index is 0.0195. The Hall–Kier alpha value is -3.26. The van der Waals surface area contributed by atoms with Crippen LogP contribution >= 0.6 is 11.6 Å². The quantitative estimate of drug-likeness (QED) is 0.553. The van der Waals surface area contributed by atoms with Gasteiger partial charge in [0.2, 0.25) is 11.9 Å².